The van der Waals surface area contributed by atoms with Crippen LogP contribution in [0.3, 0.4) is 0 Å². The second-order valence-electron chi connectivity index (χ2n) is 1.32. The molecule has 0 saturated heterocycles. The Morgan fingerprint density at radius 2 is 1.86 bits per heavy atom. The highest BCUT2D eigenvalue weighted by atomic mass is 31.1. The van der Waals surface area contributed by atoms with Crippen molar-refractivity contribution < 1.29 is 9.18 Å². The van der Waals surface area contributed by atoms with E-state index in [1.807, 2.05) is 0 Å². The Labute approximate surface area is 46.5 Å². The first kappa shape index (κ1) is 7.46. The fourth-order valence-corrected chi connectivity index (χ4v) is 0. The normalized spacial score (nSPS) is 11.4. The number of halogens is 1. The van der Waals surface area contributed by atoms with E-state index < -0.39 is 10.9 Å². The second-order valence-corrected chi connectivity index (χ2v) is 3.67. The number of ketones is 1. The monoisotopic (exact) mass is 140 g/mol. The van der Waals surface area contributed by atoms with Crippen LogP contribution in [-0.2, 0) is 4.79 Å². The highest BCUT2D eigenvalue weighted by Gasteiger charge is 2.21. The van der Waals surface area contributed by atoms with Gasteiger partial charge in [0.05, 0.1) is 0 Å². The van der Waals surface area contributed by atoms with Crippen molar-refractivity contribution >= 4 is 24.3 Å². The summed E-state index contributed by atoms with van der Waals surface area (Å²) in [4.78, 5) is 10.0. The van der Waals surface area contributed by atoms with Crippen molar-refractivity contribution in [3.8, 4) is 0 Å². The van der Waals surface area contributed by atoms with Gasteiger partial charge in [0, 0.05) is 0 Å². The lowest BCUT2D eigenvalue weighted by Crippen LogP contribution is -2.13. The Kier molecular flexibility index (Phi) is 2.29. The predicted octanol–water partition coefficient (Wildman–Crippen LogP) is 0.949. The van der Waals surface area contributed by atoms with Crippen molar-refractivity contribution in [2.75, 3.05) is 0 Å². The first-order valence-electron chi connectivity index (χ1n) is 1.72. The van der Waals surface area contributed by atoms with Crippen LogP contribution < -0.4 is 0 Å². The molecule has 2 atom stereocenters. The largest absolute Gasteiger partial charge is 0.296 e. The lowest BCUT2D eigenvalue weighted by atomic mass is 10.5. The van der Waals surface area contributed by atoms with Crippen LogP contribution in [-0.4, -0.2) is 10.9 Å². The molecule has 0 N–H and O–H groups in total. The zero-order valence-corrected chi connectivity index (χ0v) is 6.25. The number of Topliss-reactive ketones (excluding diaryl/α,β-unsaturated/α-hetero) is 1. The number of alkyl halides is 1. The molecule has 0 fully saturated rings. The third-order valence-electron chi connectivity index (χ3n) is 0.540. The predicted molar refractivity (Wildman–Crippen MR) is 33.9 cm³/mol. The Morgan fingerprint density at radius 1 is 1.71 bits per heavy atom. The molecule has 0 saturated carbocycles. The summed E-state index contributed by atoms with van der Waals surface area (Å²) in [6, 6.07) is 0. The van der Waals surface area contributed by atoms with Gasteiger partial charge in [-0.2, -0.15) is 0 Å². The minimum atomic E-state index is -1.81. The van der Waals surface area contributed by atoms with E-state index in [2.05, 4.69) is 0 Å². The Hall–Kier alpha value is 0.460. The SMILES string of the molecule is CC(=O)C(F)(P)P. The van der Waals surface area contributed by atoms with Crippen molar-refractivity contribution in [2.45, 2.75) is 12.1 Å². The molecule has 1 nitrogen and oxygen atoms in total. The molecule has 42 valence electrons. The zero-order valence-electron chi connectivity index (χ0n) is 3.94. The van der Waals surface area contributed by atoms with Gasteiger partial charge in [0.15, 0.2) is 10.9 Å². The number of rotatable bonds is 1. The van der Waals surface area contributed by atoms with Gasteiger partial charge >= 0.3 is 0 Å². The molecule has 0 aromatic carbocycles. The van der Waals surface area contributed by atoms with Crippen LogP contribution in [0.15, 0.2) is 0 Å². The maximum Gasteiger partial charge on any atom is 0.192 e. The van der Waals surface area contributed by atoms with Crippen LogP contribution in [0.1, 0.15) is 6.92 Å². The number of carbonyl (C=O) groups excluding carboxylic acids is 1. The number of hydrogen-bond acceptors (Lipinski definition) is 1. The number of hydrogen-bond donors (Lipinski definition) is 0. The lowest BCUT2D eigenvalue weighted by molar-refractivity contribution is -0.120. The van der Waals surface area contributed by atoms with Gasteiger partial charge in [0.1, 0.15) is 0 Å². The maximum atomic E-state index is 12.1. The molecule has 0 aromatic heterocycles. The van der Waals surface area contributed by atoms with Crippen LogP contribution in [0.2, 0.25) is 0 Å². The second kappa shape index (κ2) is 2.15. The molecule has 0 amide bonds. The van der Waals surface area contributed by atoms with Crippen LogP contribution in [0, 0.1) is 0 Å². The van der Waals surface area contributed by atoms with E-state index in [4.69, 9.17) is 0 Å². The van der Waals surface area contributed by atoms with E-state index >= 15 is 0 Å². The molecule has 0 aliphatic heterocycles. The molecule has 0 aliphatic carbocycles. The van der Waals surface area contributed by atoms with Gasteiger partial charge in [-0.25, -0.2) is 4.39 Å². The third kappa shape index (κ3) is 3.08. The van der Waals surface area contributed by atoms with E-state index in [1.54, 1.807) is 18.5 Å². The molecule has 0 rings (SSSR count). The van der Waals surface area contributed by atoms with E-state index in [0.29, 0.717) is 0 Å². The molecular weight excluding hydrogens is 133 g/mol. The summed E-state index contributed by atoms with van der Waals surface area (Å²) in [5.41, 5.74) is 0. The van der Waals surface area contributed by atoms with Gasteiger partial charge in [-0.05, 0) is 6.92 Å². The van der Waals surface area contributed by atoms with Crippen LogP contribution in [0.5, 0.6) is 0 Å². The van der Waals surface area contributed by atoms with Gasteiger partial charge in [0.25, 0.3) is 0 Å². The summed E-state index contributed by atoms with van der Waals surface area (Å²) in [7, 11) is 3.56. The van der Waals surface area contributed by atoms with Crippen LogP contribution >= 0.6 is 18.5 Å². The third-order valence-corrected chi connectivity index (χ3v) is 1.35. The van der Waals surface area contributed by atoms with Gasteiger partial charge < -0.3 is 0 Å². The van der Waals surface area contributed by atoms with Gasteiger partial charge in [-0.15, -0.1) is 0 Å². The standard InChI is InChI=1S/C3H7FOP2/c1-2(5)3(4,6)7/h6-7H2,1H3. The maximum absolute atomic E-state index is 12.1. The van der Waals surface area contributed by atoms with Gasteiger partial charge in [-0.3, -0.25) is 4.79 Å². The summed E-state index contributed by atoms with van der Waals surface area (Å²) in [6.45, 7) is 1.19. The van der Waals surface area contributed by atoms with Crippen molar-refractivity contribution in [3.05, 3.63) is 0 Å². The smallest absolute Gasteiger partial charge is 0.192 e. The summed E-state index contributed by atoms with van der Waals surface area (Å²) < 4.78 is 12.1. The summed E-state index contributed by atoms with van der Waals surface area (Å²) in [6.07, 6.45) is 0. The van der Waals surface area contributed by atoms with Crippen molar-refractivity contribution in [2.24, 2.45) is 0 Å². The topological polar surface area (TPSA) is 17.1 Å². The van der Waals surface area contributed by atoms with Crippen LogP contribution in [0.4, 0.5) is 4.39 Å². The average molecular weight is 140 g/mol. The van der Waals surface area contributed by atoms with Gasteiger partial charge in [0.2, 0.25) is 0 Å². The van der Waals surface area contributed by atoms with Crippen LogP contribution in [0.25, 0.3) is 0 Å². The molecule has 4 heteroatoms. The minimum absolute atomic E-state index is 0.498. The molecule has 0 aromatic rings. The molecule has 7 heavy (non-hydrogen) atoms. The lowest BCUT2D eigenvalue weighted by Gasteiger charge is -2.05. The quantitative estimate of drug-likeness (QED) is 0.495. The molecule has 0 heterocycles. The highest BCUT2D eigenvalue weighted by molar-refractivity contribution is 7.41. The van der Waals surface area contributed by atoms with E-state index in [9.17, 15) is 9.18 Å². The number of carbonyl (C=O) groups is 1. The van der Waals surface area contributed by atoms with Crippen molar-refractivity contribution in [1.82, 2.24) is 0 Å². The van der Waals surface area contributed by atoms with Crippen molar-refractivity contribution in [1.29, 1.82) is 0 Å². The first-order chi connectivity index (χ1) is 2.94. The Morgan fingerprint density at radius 3 is 1.86 bits per heavy atom. The molecule has 0 radical (unpaired) electrons. The first-order valence-corrected chi connectivity index (χ1v) is 2.88. The van der Waals surface area contributed by atoms with E-state index in [-0.39, 0.29) is 0 Å². The molecule has 0 bridgehead atoms. The Bertz CT molecular complexity index is 85.4. The van der Waals surface area contributed by atoms with Gasteiger partial charge in [-0.1, -0.05) is 18.5 Å². The average Bonchev–Trinajstić information content (AvgIpc) is 1.31. The fraction of sp³-hybridized carbons (Fsp3) is 0.667. The summed E-state index contributed by atoms with van der Waals surface area (Å²) in [5, 5.41) is -1.81. The molecule has 2 unspecified atom stereocenters. The van der Waals surface area contributed by atoms with Crippen molar-refractivity contribution in [3.63, 3.8) is 0 Å². The van der Waals surface area contributed by atoms with E-state index in [1.165, 1.54) is 6.92 Å². The zero-order chi connectivity index (χ0) is 6.08. The summed E-state index contributed by atoms with van der Waals surface area (Å²) >= 11 is 0. The minimum Gasteiger partial charge on any atom is -0.296 e. The molecule has 0 aliphatic rings. The Balaban J connectivity index is 3.79. The molecule has 0 spiro atoms. The summed E-state index contributed by atoms with van der Waals surface area (Å²) in [5.74, 6) is -0.498. The van der Waals surface area contributed by atoms with E-state index in [0.717, 1.165) is 0 Å². The molecular formula is C3H7FOP2. The highest BCUT2D eigenvalue weighted by Crippen LogP contribution is 2.28. The fourth-order valence-electron chi connectivity index (χ4n) is 0.